The number of nitrogens with zero attached hydrogens (tertiary/aromatic N) is 4. The lowest BCUT2D eigenvalue weighted by molar-refractivity contribution is 0.122. The monoisotopic (exact) mass is 433 g/mol. The average molecular weight is 434 g/mol. The summed E-state index contributed by atoms with van der Waals surface area (Å²) in [4.78, 5) is 9.23. The Morgan fingerprint density at radius 1 is 1.00 bits per heavy atom. The minimum Gasteiger partial charge on any atom is -0.378 e. The van der Waals surface area contributed by atoms with E-state index >= 15 is 0 Å². The van der Waals surface area contributed by atoms with E-state index in [1.807, 2.05) is 18.3 Å². The number of anilines is 2. The van der Waals surface area contributed by atoms with Crippen LogP contribution in [0.15, 0.2) is 60.8 Å². The van der Waals surface area contributed by atoms with Gasteiger partial charge >= 0.3 is 0 Å². The molecule has 0 bridgehead atoms. The average Bonchev–Trinajstić information content (AvgIpc) is 3.33. The predicted molar refractivity (Wildman–Crippen MR) is 128 cm³/mol. The van der Waals surface area contributed by atoms with Gasteiger partial charge in [0.05, 0.1) is 24.9 Å². The molecule has 0 amide bonds. The van der Waals surface area contributed by atoms with Gasteiger partial charge in [0.25, 0.3) is 0 Å². The first-order chi connectivity index (χ1) is 15.1. The number of pyridine rings is 1. The Labute approximate surface area is 188 Å². The molecule has 4 heterocycles. The number of morpholine rings is 1. The standard InChI is InChI=1S/C24H27N5OS/c1-17-6-11-21(27(17)2)23-22(20-5-3-4-12-25-20)26-24(31)29(23)19-9-7-18(8-10-19)28-13-15-30-16-14-28/h3-12,22-23H,13-16H2,1-2H3,(H,26,31). The number of thiocarbonyl (C=S) groups is 1. The number of hydrogen-bond acceptors (Lipinski definition) is 4. The molecule has 7 heteroatoms. The van der Waals surface area contributed by atoms with Crippen molar-refractivity contribution in [3.63, 3.8) is 0 Å². The van der Waals surface area contributed by atoms with Crippen LogP contribution in [-0.2, 0) is 11.8 Å². The summed E-state index contributed by atoms with van der Waals surface area (Å²) >= 11 is 5.84. The SMILES string of the molecule is Cc1ccc(C2C(c3ccccn3)NC(=S)N2c2ccc(N3CCOCC3)cc2)n1C. The Kier molecular flexibility index (Phi) is 5.38. The molecule has 0 saturated carbocycles. The zero-order valence-electron chi connectivity index (χ0n) is 17.9. The van der Waals surface area contributed by atoms with E-state index in [9.17, 15) is 0 Å². The normalized spacial score (nSPS) is 21.4. The number of hydrogen-bond donors (Lipinski definition) is 1. The summed E-state index contributed by atoms with van der Waals surface area (Å²) in [5.74, 6) is 0. The van der Waals surface area contributed by atoms with Crippen LogP contribution in [0.5, 0.6) is 0 Å². The van der Waals surface area contributed by atoms with Crippen LogP contribution in [0.3, 0.4) is 0 Å². The highest BCUT2D eigenvalue weighted by molar-refractivity contribution is 7.80. The van der Waals surface area contributed by atoms with Crippen molar-refractivity contribution in [3.8, 4) is 0 Å². The van der Waals surface area contributed by atoms with E-state index in [1.54, 1.807) is 0 Å². The van der Waals surface area contributed by atoms with Crippen molar-refractivity contribution in [2.75, 3.05) is 36.1 Å². The molecule has 2 saturated heterocycles. The van der Waals surface area contributed by atoms with Crippen molar-refractivity contribution in [3.05, 3.63) is 77.9 Å². The Morgan fingerprint density at radius 3 is 2.39 bits per heavy atom. The van der Waals surface area contributed by atoms with Crippen molar-refractivity contribution in [1.82, 2.24) is 14.9 Å². The highest BCUT2D eigenvalue weighted by atomic mass is 32.1. The van der Waals surface area contributed by atoms with E-state index in [1.165, 1.54) is 17.1 Å². The molecule has 2 fully saturated rings. The molecule has 160 valence electrons. The maximum absolute atomic E-state index is 5.84. The van der Waals surface area contributed by atoms with E-state index < -0.39 is 0 Å². The molecule has 5 rings (SSSR count). The lowest BCUT2D eigenvalue weighted by atomic mass is 10.0. The molecule has 3 aromatic rings. The molecule has 0 aliphatic carbocycles. The number of ether oxygens (including phenoxy) is 1. The molecule has 2 unspecified atom stereocenters. The van der Waals surface area contributed by atoms with Crippen LogP contribution < -0.4 is 15.1 Å². The minimum atomic E-state index is -0.0272. The molecule has 2 aromatic heterocycles. The third-order valence-corrected chi connectivity index (χ3v) is 6.63. The van der Waals surface area contributed by atoms with Crippen LogP contribution in [0.1, 0.15) is 29.2 Å². The molecular formula is C24H27N5OS. The van der Waals surface area contributed by atoms with E-state index in [-0.39, 0.29) is 12.1 Å². The second-order valence-corrected chi connectivity index (χ2v) is 8.46. The maximum atomic E-state index is 5.84. The van der Waals surface area contributed by atoms with Crippen molar-refractivity contribution < 1.29 is 4.74 Å². The first-order valence-electron chi connectivity index (χ1n) is 10.7. The van der Waals surface area contributed by atoms with Crippen LogP contribution in [0.2, 0.25) is 0 Å². The van der Waals surface area contributed by atoms with Crippen LogP contribution in [0, 0.1) is 6.92 Å². The molecule has 6 nitrogen and oxygen atoms in total. The van der Waals surface area contributed by atoms with Crippen molar-refractivity contribution in [2.24, 2.45) is 7.05 Å². The van der Waals surface area contributed by atoms with Gasteiger partial charge in [0.1, 0.15) is 6.04 Å². The largest absolute Gasteiger partial charge is 0.378 e. The van der Waals surface area contributed by atoms with Crippen LogP contribution in [0.4, 0.5) is 11.4 Å². The van der Waals surface area contributed by atoms with Gasteiger partial charge in [-0.3, -0.25) is 4.98 Å². The zero-order chi connectivity index (χ0) is 21.4. The molecule has 2 aliphatic rings. The molecule has 1 aromatic carbocycles. The van der Waals surface area contributed by atoms with Crippen LogP contribution >= 0.6 is 12.2 Å². The molecule has 1 N–H and O–H groups in total. The van der Waals surface area contributed by atoms with Gasteiger partial charge in [0.2, 0.25) is 0 Å². The first kappa shape index (κ1) is 20.0. The Morgan fingerprint density at radius 2 is 1.74 bits per heavy atom. The van der Waals surface area contributed by atoms with Gasteiger partial charge < -0.3 is 24.4 Å². The molecule has 0 spiro atoms. The van der Waals surface area contributed by atoms with Gasteiger partial charge in [0.15, 0.2) is 5.11 Å². The van der Waals surface area contributed by atoms with Gasteiger partial charge in [-0.15, -0.1) is 0 Å². The summed E-state index contributed by atoms with van der Waals surface area (Å²) < 4.78 is 7.73. The zero-order valence-corrected chi connectivity index (χ0v) is 18.7. The second-order valence-electron chi connectivity index (χ2n) is 8.07. The van der Waals surface area contributed by atoms with E-state index in [2.05, 4.69) is 81.1 Å². The van der Waals surface area contributed by atoms with Gasteiger partial charge in [-0.1, -0.05) is 6.07 Å². The summed E-state index contributed by atoms with van der Waals surface area (Å²) in [7, 11) is 2.11. The molecule has 2 atom stereocenters. The number of rotatable bonds is 4. The van der Waals surface area contributed by atoms with Crippen LogP contribution in [0.25, 0.3) is 0 Å². The third kappa shape index (κ3) is 3.68. The lowest BCUT2D eigenvalue weighted by Crippen LogP contribution is -2.36. The van der Waals surface area contributed by atoms with Gasteiger partial charge in [-0.25, -0.2) is 0 Å². The quantitative estimate of drug-likeness (QED) is 0.633. The van der Waals surface area contributed by atoms with Gasteiger partial charge in [-0.2, -0.15) is 0 Å². The summed E-state index contributed by atoms with van der Waals surface area (Å²) in [6.07, 6.45) is 1.84. The summed E-state index contributed by atoms with van der Waals surface area (Å²) in [5, 5.41) is 4.26. The van der Waals surface area contributed by atoms with E-state index in [0.29, 0.717) is 0 Å². The minimum absolute atomic E-state index is 0.00957. The summed E-state index contributed by atoms with van der Waals surface area (Å²) in [6, 6.07) is 19.1. The highest BCUT2D eigenvalue weighted by Crippen LogP contribution is 2.42. The van der Waals surface area contributed by atoms with Crippen molar-refractivity contribution in [2.45, 2.75) is 19.0 Å². The van der Waals surface area contributed by atoms with E-state index in [4.69, 9.17) is 17.0 Å². The fourth-order valence-corrected chi connectivity index (χ4v) is 4.86. The third-order valence-electron chi connectivity index (χ3n) is 6.32. The summed E-state index contributed by atoms with van der Waals surface area (Å²) in [5.41, 5.74) is 5.71. The Hall–Kier alpha value is -2.90. The fraction of sp³-hybridized carbons (Fsp3) is 0.333. The molecule has 31 heavy (non-hydrogen) atoms. The molecule has 0 radical (unpaired) electrons. The lowest BCUT2D eigenvalue weighted by Gasteiger charge is -2.31. The van der Waals surface area contributed by atoms with Gasteiger partial charge in [0, 0.05) is 49.1 Å². The topological polar surface area (TPSA) is 45.6 Å². The number of aryl methyl sites for hydroxylation is 1. The van der Waals surface area contributed by atoms with E-state index in [0.717, 1.165) is 42.8 Å². The van der Waals surface area contributed by atoms with Gasteiger partial charge in [-0.05, 0) is 67.7 Å². The Bertz CT molecular complexity index is 1060. The fourth-order valence-electron chi connectivity index (χ4n) is 4.51. The van der Waals surface area contributed by atoms with Crippen molar-refractivity contribution in [1.29, 1.82) is 0 Å². The number of nitrogens with one attached hydrogen (secondary N) is 1. The molecular weight excluding hydrogens is 406 g/mol. The maximum Gasteiger partial charge on any atom is 0.174 e. The first-order valence-corrected chi connectivity index (χ1v) is 11.1. The Balaban J connectivity index is 1.52. The number of benzene rings is 1. The predicted octanol–water partition coefficient (Wildman–Crippen LogP) is 3.74. The second kappa shape index (κ2) is 8.32. The number of aromatic nitrogens is 2. The van der Waals surface area contributed by atoms with Crippen molar-refractivity contribution >= 4 is 28.7 Å². The smallest absolute Gasteiger partial charge is 0.174 e. The summed E-state index contributed by atoms with van der Waals surface area (Å²) in [6.45, 7) is 5.54. The highest BCUT2D eigenvalue weighted by Gasteiger charge is 2.42. The van der Waals surface area contributed by atoms with Crippen LogP contribution in [-0.4, -0.2) is 41.0 Å². The molecule has 2 aliphatic heterocycles.